The third kappa shape index (κ3) is 3.18. The molecule has 76 valence electrons. The molecule has 0 bridgehead atoms. The van der Waals surface area contributed by atoms with Crippen molar-refractivity contribution in [3.8, 4) is 0 Å². The number of alkyl halides is 1. The van der Waals surface area contributed by atoms with Gasteiger partial charge in [-0.25, -0.2) is 9.18 Å². The molecule has 1 rings (SSSR count). The number of aliphatic carboxylic acids is 1. The number of carbonyl (C=O) groups is 1. The number of halogens is 1. The predicted octanol–water partition coefficient (Wildman–Crippen LogP) is 2.33. The van der Waals surface area contributed by atoms with Crippen LogP contribution in [0.5, 0.6) is 0 Å². The van der Waals surface area contributed by atoms with Crippen molar-refractivity contribution in [2.75, 3.05) is 11.5 Å². The normalized spacial score (nSPS) is 28.0. The summed E-state index contributed by atoms with van der Waals surface area (Å²) in [5, 5.41) is 8.59. The van der Waals surface area contributed by atoms with E-state index in [4.69, 9.17) is 5.11 Å². The fourth-order valence-electron chi connectivity index (χ4n) is 1.60. The number of hydrogen-bond donors (Lipinski definition) is 1. The van der Waals surface area contributed by atoms with Crippen LogP contribution in [-0.4, -0.2) is 28.3 Å². The Morgan fingerprint density at radius 3 is 2.92 bits per heavy atom. The molecule has 0 aromatic carbocycles. The van der Waals surface area contributed by atoms with Crippen molar-refractivity contribution in [2.45, 2.75) is 31.9 Å². The molecule has 2 nitrogen and oxygen atoms in total. The van der Waals surface area contributed by atoms with Gasteiger partial charge in [-0.2, -0.15) is 11.8 Å². The van der Waals surface area contributed by atoms with E-state index in [0.29, 0.717) is 0 Å². The molecule has 0 spiro atoms. The fourth-order valence-corrected chi connectivity index (χ4v) is 2.75. The summed E-state index contributed by atoms with van der Waals surface area (Å²) in [4.78, 5) is 10.5. The van der Waals surface area contributed by atoms with E-state index in [1.807, 2.05) is 0 Å². The Balaban J connectivity index is 2.41. The third-order valence-electron chi connectivity index (χ3n) is 2.37. The van der Waals surface area contributed by atoms with Crippen LogP contribution in [-0.2, 0) is 4.79 Å². The van der Waals surface area contributed by atoms with Gasteiger partial charge in [0.1, 0.15) is 0 Å². The highest BCUT2D eigenvalue weighted by atomic mass is 32.2. The van der Waals surface area contributed by atoms with Crippen LogP contribution in [0.3, 0.4) is 0 Å². The maximum atomic E-state index is 13.4. The zero-order valence-corrected chi connectivity index (χ0v) is 8.57. The number of thioether (sulfide) groups is 1. The van der Waals surface area contributed by atoms with Gasteiger partial charge < -0.3 is 5.11 Å². The minimum Gasteiger partial charge on any atom is -0.479 e. The number of carboxylic acid groups (broad SMARTS) is 1. The SMILES string of the molecule is CC(F)(CC1CCCSC1)C(=O)O. The van der Waals surface area contributed by atoms with Crippen LogP contribution >= 0.6 is 11.8 Å². The van der Waals surface area contributed by atoms with Crippen molar-refractivity contribution in [1.29, 1.82) is 0 Å². The van der Waals surface area contributed by atoms with Gasteiger partial charge in [0.15, 0.2) is 0 Å². The van der Waals surface area contributed by atoms with Gasteiger partial charge in [0.05, 0.1) is 0 Å². The lowest BCUT2D eigenvalue weighted by molar-refractivity contribution is -0.150. The molecule has 2 unspecified atom stereocenters. The molecule has 1 fully saturated rings. The summed E-state index contributed by atoms with van der Waals surface area (Å²) < 4.78 is 13.4. The van der Waals surface area contributed by atoms with Crippen molar-refractivity contribution in [3.05, 3.63) is 0 Å². The third-order valence-corrected chi connectivity index (χ3v) is 3.66. The van der Waals surface area contributed by atoms with Gasteiger partial charge in [-0.15, -0.1) is 0 Å². The molecule has 0 radical (unpaired) electrons. The van der Waals surface area contributed by atoms with Gasteiger partial charge in [0.2, 0.25) is 5.67 Å². The van der Waals surface area contributed by atoms with Gasteiger partial charge in [-0.05, 0) is 43.6 Å². The van der Waals surface area contributed by atoms with Crippen molar-refractivity contribution < 1.29 is 14.3 Å². The first-order valence-electron chi connectivity index (χ1n) is 4.52. The summed E-state index contributed by atoms with van der Waals surface area (Å²) in [6, 6.07) is 0. The molecule has 0 aliphatic carbocycles. The lowest BCUT2D eigenvalue weighted by Crippen LogP contribution is -2.33. The maximum Gasteiger partial charge on any atom is 0.341 e. The molecule has 0 aromatic heterocycles. The van der Waals surface area contributed by atoms with Gasteiger partial charge in [0, 0.05) is 0 Å². The second-order valence-corrected chi connectivity index (χ2v) is 4.94. The van der Waals surface area contributed by atoms with E-state index in [2.05, 4.69) is 0 Å². The Morgan fingerprint density at radius 1 is 1.77 bits per heavy atom. The molecule has 1 aliphatic rings. The molecule has 1 N–H and O–H groups in total. The first-order valence-corrected chi connectivity index (χ1v) is 5.68. The quantitative estimate of drug-likeness (QED) is 0.770. The molecule has 1 aliphatic heterocycles. The number of rotatable bonds is 3. The van der Waals surface area contributed by atoms with Crippen LogP contribution in [0.1, 0.15) is 26.2 Å². The second-order valence-electron chi connectivity index (χ2n) is 3.79. The van der Waals surface area contributed by atoms with E-state index in [-0.39, 0.29) is 12.3 Å². The number of carboxylic acids is 1. The summed E-state index contributed by atoms with van der Waals surface area (Å²) in [6.45, 7) is 1.16. The van der Waals surface area contributed by atoms with E-state index in [1.54, 1.807) is 11.8 Å². The van der Waals surface area contributed by atoms with Crippen LogP contribution in [0.4, 0.5) is 4.39 Å². The van der Waals surface area contributed by atoms with E-state index in [9.17, 15) is 9.18 Å². The minimum absolute atomic E-state index is 0.162. The lowest BCUT2D eigenvalue weighted by Gasteiger charge is -2.25. The van der Waals surface area contributed by atoms with Gasteiger partial charge >= 0.3 is 5.97 Å². The lowest BCUT2D eigenvalue weighted by atomic mass is 9.91. The summed E-state index contributed by atoms with van der Waals surface area (Å²) in [5.41, 5.74) is -2.04. The average Bonchev–Trinajstić information content (AvgIpc) is 2.05. The van der Waals surface area contributed by atoms with Crippen LogP contribution in [0.2, 0.25) is 0 Å². The summed E-state index contributed by atoms with van der Waals surface area (Å²) in [5.74, 6) is 0.951. The highest BCUT2D eigenvalue weighted by Crippen LogP contribution is 2.31. The Kier molecular flexibility index (Phi) is 3.59. The largest absolute Gasteiger partial charge is 0.479 e. The van der Waals surface area contributed by atoms with Crippen molar-refractivity contribution in [2.24, 2.45) is 5.92 Å². The fraction of sp³-hybridized carbons (Fsp3) is 0.889. The Morgan fingerprint density at radius 2 is 2.46 bits per heavy atom. The summed E-state index contributed by atoms with van der Waals surface area (Å²) in [7, 11) is 0. The minimum atomic E-state index is -2.04. The second kappa shape index (κ2) is 4.31. The van der Waals surface area contributed by atoms with Gasteiger partial charge in [0.25, 0.3) is 0 Å². The molecular weight excluding hydrogens is 191 g/mol. The zero-order chi connectivity index (χ0) is 9.90. The zero-order valence-electron chi connectivity index (χ0n) is 7.75. The van der Waals surface area contributed by atoms with E-state index < -0.39 is 11.6 Å². The highest BCUT2D eigenvalue weighted by Gasteiger charge is 2.35. The first-order chi connectivity index (χ1) is 6.02. The van der Waals surface area contributed by atoms with Crippen LogP contribution in [0, 0.1) is 5.92 Å². The van der Waals surface area contributed by atoms with Crippen molar-refractivity contribution in [3.63, 3.8) is 0 Å². The molecule has 1 saturated heterocycles. The molecular formula is C9H15FO2S. The van der Waals surface area contributed by atoms with Crippen molar-refractivity contribution >= 4 is 17.7 Å². The molecule has 0 saturated carbocycles. The predicted molar refractivity (Wildman–Crippen MR) is 51.8 cm³/mol. The smallest absolute Gasteiger partial charge is 0.341 e. The van der Waals surface area contributed by atoms with Gasteiger partial charge in [-0.1, -0.05) is 0 Å². The molecule has 2 atom stereocenters. The van der Waals surface area contributed by atoms with E-state index >= 15 is 0 Å². The monoisotopic (exact) mass is 206 g/mol. The van der Waals surface area contributed by atoms with E-state index in [1.165, 1.54) is 0 Å². The van der Waals surface area contributed by atoms with E-state index in [0.717, 1.165) is 31.3 Å². The molecule has 13 heavy (non-hydrogen) atoms. The first kappa shape index (κ1) is 10.8. The Hall–Kier alpha value is -0.250. The molecule has 1 heterocycles. The van der Waals surface area contributed by atoms with Crippen LogP contribution in [0.15, 0.2) is 0 Å². The molecule has 0 amide bonds. The summed E-state index contributed by atoms with van der Waals surface area (Å²) >= 11 is 1.80. The summed E-state index contributed by atoms with van der Waals surface area (Å²) in [6.07, 6.45) is 2.22. The number of hydrogen-bond acceptors (Lipinski definition) is 2. The van der Waals surface area contributed by atoms with Crippen LogP contribution < -0.4 is 0 Å². The van der Waals surface area contributed by atoms with Crippen LogP contribution in [0.25, 0.3) is 0 Å². The highest BCUT2D eigenvalue weighted by molar-refractivity contribution is 7.99. The van der Waals surface area contributed by atoms with Crippen molar-refractivity contribution in [1.82, 2.24) is 0 Å². The molecule has 0 aromatic rings. The molecule has 4 heteroatoms. The van der Waals surface area contributed by atoms with Gasteiger partial charge in [-0.3, -0.25) is 0 Å². The standard InChI is InChI=1S/C9H15FO2S/c1-9(10,8(11)12)5-7-3-2-4-13-6-7/h7H,2-6H2,1H3,(H,11,12). The maximum absolute atomic E-state index is 13.4. The topological polar surface area (TPSA) is 37.3 Å². The Bertz CT molecular complexity index is 188. The Labute approximate surface area is 81.9 Å². The average molecular weight is 206 g/mol.